The smallest absolute Gasteiger partial charge is 0.336 e. The number of aliphatic hydroxyl groups excluding tert-OH is 2. The number of rotatable bonds is 21. The molecule has 1 aromatic heterocycles. The molecule has 1 aromatic rings. The lowest BCUT2D eigenvalue weighted by molar-refractivity contribution is -0.158. The fourth-order valence-corrected chi connectivity index (χ4v) is 5.61. The molecular weight excluding hydrogens is 710 g/mol. The minimum Gasteiger partial charge on any atom is -0.457 e. The number of esters is 2. The van der Waals surface area contributed by atoms with E-state index >= 15 is 0 Å². The predicted molar refractivity (Wildman–Crippen MR) is 196 cm³/mol. The number of carbonyl (C=O) groups is 5. The van der Waals surface area contributed by atoms with E-state index in [1.807, 2.05) is 0 Å². The van der Waals surface area contributed by atoms with E-state index in [4.69, 9.17) is 14.2 Å². The molecule has 304 valence electrons. The number of aromatic nitrogens is 3. The molecule has 18 heteroatoms. The molecule has 1 rings (SSSR count). The second kappa shape index (κ2) is 20.1. The SMILES string of the molecule is C=CCn1c(=O)n(CC(O)CNC(=O)C(CC)(CC)C(=O)N(C=O)C(C)(C)C)c(=O)n(CC(O)CC(C)(C)OC(=O)/C=C(/C)C(=O)OC(C)COC)c1=O. The van der Waals surface area contributed by atoms with Crippen molar-refractivity contribution in [3.63, 3.8) is 0 Å². The fourth-order valence-electron chi connectivity index (χ4n) is 5.61. The summed E-state index contributed by atoms with van der Waals surface area (Å²) in [4.78, 5) is 104. The summed E-state index contributed by atoms with van der Waals surface area (Å²) < 4.78 is 17.3. The van der Waals surface area contributed by atoms with Crippen LogP contribution in [0.5, 0.6) is 0 Å². The first-order chi connectivity index (χ1) is 25.0. The minimum absolute atomic E-state index is 0.0271. The molecule has 3 atom stereocenters. The molecule has 0 saturated heterocycles. The highest BCUT2D eigenvalue weighted by atomic mass is 16.6. The van der Waals surface area contributed by atoms with Crippen LogP contribution in [0.1, 0.15) is 81.6 Å². The van der Waals surface area contributed by atoms with E-state index in [9.17, 15) is 48.6 Å². The second-order valence-electron chi connectivity index (χ2n) is 14.6. The van der Waals surface area contributed by atoms with Gasteiger partial charge >= 0.3 is 29.0 Å². The molecule has 3 N–H and O–H groups in total. The van der Waals surface area contributed by atoms with Crippen molar-refractivity contribution in [1.82, 2.24) is 23.9 Å². The summed E-state index contributed by atoms with van der Waals surface area (Å²) in [7, 11) is 1.44. The lowest BCUT2D eigenvalue weighted by atomic mass is 9.79. The van der Waals surface area contributed by atoms with Crippen LogP contribution in [-0.4, -0.2) is 109 Å². The summed E-state index contributed by atoms with van der Waals surface area (Å²) in [5.41, 5.74) is -7.35. The quantitative estimate of drug-likeness (QED) is 0.0493. The standard InChI is InChI=1S/C36H57N5O13/c1-12-15-38-31(49)39(19-25(43)17-35(9,10)54-27(45)16-23(4)28(46)53-24(5)21-52-11)33(51)40(32(38)50)20-26(44)18-37-29(47)36(13-2,14-3)30(48)41(22-42)34(6,7)8/h12,16,22,24-26,43-44H,1,13-15,17-21H2,2-11H3,(H,37,47)/b23-16-. The van der Waals surface area contributed by atoms with Crippen LogP contribution in [-0.2, 0) is 57.8 Å². The van der Waals surface area contributed by atoms with Gasteiger partial charge in [0.25, 0.3) is 0 Å². The van der Waals surface area contributed by atoms with Crippen molar-refractivity contribution in [3.8, 4) is 0 Å². The molecule has 18 nitrogen and oxygen atoms in total. The molecular formula is C36H57N5O13. The molecule has 0 aliphatic rings. The highest BCUT2D eigenvalue weighted by molar-refractivity contribution is 6.08. The summed E-state index contributed by atoms with van der Waals surface area (Å²) in [5.74, 6) is -3.19. The van der Waals surface area contributed by atoms with Crippen molar-refractivity contribution in [2.75, 3.05) is 20.3 Å². The molecule has 0 aliphatic carbocycles. The summed E-state index contributed by atoms with van der Waals surface area (Å²) in [6.07, 6.45) is -1.36. The minimum atomic E-state index is -1.66. The molecule has 0 fully saturated rings. The Morgan fingerprint density at radius 3 is 1.91 bits per heavy atom. The van der Waals surface area contributed by atoms with Crippen LogP contribution in [0, 0.1) is 5.41 Å². The summed E-state index contributed by atoms with van der Waals surface area (Å²) >= 11 is 0. The molecule has 1 heterocycles. The first kappa shape index (κ1) is 47.3. The topological polar surface area (TPSA) is 235 Å². The van der Waals surface area contributed by atoms with Gasteiger partial charge in [0.05, 0.1) is 38.4 Å². The molecule has 3 amide bonds. The Bertz CT molecular complexity index is 1730. The number of hydrogen-bond donors (Lipinski definition) is 3. The van der Waals surface area contributed by atoms with Crippen LogP contribution in [0.4, 0.5) is 0 Å². The number of hydrogen-bond acceptors (Lipinski definition) is 13. The van der Waals surface area contributed by atoms with Gasteiger partial charge in [0, 0.05) is 37.3 Å². The van der Waals surface area contributed by atoms with Crippen molar-refractivity contribution in [1.29, 1.82) is 0 Å². The monoisotopic (exact) mass is 767 g/mol. The maximum atomic E-state index is 13.5. The molecule has 0 saturated carbocycles. The molecule has 0 aromatic carbocycles. The normalized spacial score (nSPS) is 14.0. The third kappa shape index (κ3) is 12.4. The fraction of sp³-hybridized carbons (Fsp3) is 0.667. The van der Waals surface area contributed by atoms with Gasteiger partial charge in [-0.2, -0.15) is 0 Å². The van der Waals surface area contributed by atoms with Crippen LogP contribution < -0.4 is 22.4 Å². The highest BCUT2D eigenvalue weighted by Crippen LogP contribution is 2.32. The molecule has 0 radical (unpaired) electrons. The van der Waals surface area contributed by atoms with E-state index in [0.29, 0.717) is 20.1 Å². The third-order valence-corrected chi connectivity index (χ3v) is 8.55. The Labute approximate surface area is 314 Å². The van der Waals surface area contributed by atoms with Crippen LogP contribution >= 0.6 is 0 Å². The van der Waals surface area contributed by atoms with Crippen molar-refractivity contribution in [2.45, 2.75) is 131 Å². The number of carbonyl (C=O) groups excluding carboxylic acids is 5. The molecule has 3 unspecified atom stereocenters. The highest BCUT2D eigenvalue weighted by Gasteiger charge is 2.47. The number of amides is 3. The maximum absolute atomic E-state index is 13.5. The predicted octanol–water partition coefficient (Wildman–Crippen LogP) is 0.0219. The average molecular weight is 768 g/mol. The van der Waals surface area contributed by atoms with E-state index in [1.54, 1.807) is 41.5 Å². The van der Waals surface area contributed by atoms with Gasteiger partial charge in [-0.25, -0.2) is 37.7 Å². The molecule has 0 bridgehead atoms. The number of imide groups is 1. The lowest BCUT2D eigenvalue weighted by Gasteiger charge is -2.38. The summed E-state index contributed by atoms with van der Waals surface area (Å²) in [6, 6.07) is 0. The van der Waals surface area contributed by atoms with E-state index in [1.165, 1.54) is 34.0 Å². The van der Waals surface area contributed by atoms with Gasteiger partial charge in [-0.15, -0.1) is 6.58 Å². The Balaban J connectivity index is 3.28. The summed E-state index contributed by atoms with van der Waals surface area (Å²) in [6.45, 7) is 15.5. The number of allylic oxidation sites excluding steroid dienone is 1. The zero-order chi connectivity index (χ0) is 41.8. The van der Waals surface area contributed by atoms with Gasteiger partial charge in [0.1, 0.15) is 17.1 Å². The zero-order valence-corrected chi connectivity index (χ0v) is 33.0. The Morgan fingerprint density at radius 2 is 1.44 bits per heavy atom. The zero-order valence-electron chi connectivity index (χ0n) is 33.0. The molecule has 54 heavy (non-hydrogen) atoms. The Hall–Kier alpha value is -4.68. The summed E-state index contributed by atoms with van der Waals surface area (Å²) in [5, 5.41) is 24.3. The van der Waals surface area contributed by atoms with Gasteiger partial charge < -0.3 is 29.7 Å². The van der Waals surface area contributed by atoms with Crippen LogP contribution in [0.2, 0.25) is 0 Å². The van der Waals surface area contributed by atoms with Crippen molar-refractivity contribution in [3.05, 3.63) is 55.8 Å². The van der Waals surface area contributed by atoms with Crippen LogP contribution in [0.3, 0.4) is 0 Å². The van der Waals surface area contributed by atoms with Crippen LogP contribution in [0.25, 0.3) is 0 Å². The number of aliphatic hydroxyl groups is 2. The van der Waals surface area contributed by atoms with Crippen LogP contribution in [0.15, 0.2) is 38.7 Å². The van der Waals surface area contributed by atoms with Crippen molar-refractivity contribution < 1.29 is 48.4 Å². The van der Waals surface area contributed by atoms with Gasteiger partial charge in [-0.3, -0.25) is 19.3 Å². The van der Waals surface area contributed by atoms with Gasteiger partial charge in [0.2, 0.25) is 18.2 Å². The Morgan fingerprint density at radius 1 is 0.926 bits per heavy atom. The second-order valence-corrected chi connectivity index (χ2v) is 14.6. The number of ether oxygens (including phenoxy) is 3. The number of nitrogens with zero attached hydrogens (tertiary/aromatic N) is 4. The first-order valence-electron chi connectivity index (χ1n) is 17.6. The van der Waals surface area contributed by atoms with E-state index in [2.05, 4.69) is 11.9 Å². The number of methoxy groups -OCH3 is 1. The van der Waals surface area contributed by atoms with Crippen molar-refractivity contribution in [2.24, 2.45) is 5.41 Å². The van der Waals surface area contributed by atoms with Crippen molar-refractivity contribution >= 4 is 30.2 Å². The van der Waals surface area contributed by atoms with Gasteiger partial charge in [-0.05, 0) is 61.3 Å². The average Bonchev–Trinajstić information content (AvgIpc) is 3.06. The van der Waals surface area contributed by atoms with E-state index in [-0.39, 0.29) is 38.0 Å². The van der Waals surface area contributed by atoms with Gasteiger partial charge in [0.15, 0.2) is 0 Å². The third-order valence-electron chi connectivity index (χ3n) is 8.55. The lowest BCUT2D eigenvalue weighted by Crippen LogP contribution is -2.58. The largest absolute Gasteiger partial charge is 0.457 e. The molecule has 0 aliphatic heterocycles. The molecule has 0 spiro atoms. The van der Waals surface area contributed by atoms with E-state index in [0.717, 1.165) is 11.0 Å². The maximum Gasteiger partial charge on any atom is 0.336 e. The van der Waals surface area contributed by atoms with Gasteiger partial charge in [-0.1, -0.05) is 19.9 Å². The number of nitrogens with one attached hydrogen (secondary N) is 1. The Kier molecular flexibility index (Phi) is 17.6. The van der Waals surface area contributed by atoms with E-state index < -0.39 is 95.3 Å². The first-order valence-corrected chi connectivity index (χ1v) is 17.6.